The molecule has 0 unspecified atom stereocenters. The van der Waals surface area contributed by atoms with E-state index in [4.69, 9.17) is 9.97 Å². The Kier molecular flexibility index (Phi) is 5.92. The molecule has 0 fully saturated rings. The van der Waals surface area contributed by atoms with Gasteiger partial charge in [0.25, 0.3) is 0 Å². The highest BCUT2D eigenvalue weighted by atomic mass is 15.2. The van der Waals surface area contributed by atoms with Gasteiger partial charge in [-0.1, -0.05) is 93.6 Å². The Bertz CT molecular complexity index is 3540. The van der Waals surface area contributed by atoms with Gasteiger partial charge in [-0.2, -0.15) is 0 Å². The Morgan fingerprint density at radius 2 is 0.891 bits per heavy atom. The van der Waals surface area contributed by atoms with Crippen molar-refractivity contribution < 1.29 is 0 Å². The van der Waals surface area contributed by atoms with E-state index in [1.54, 1.807) is 0 Å². The van der Waals surface area contributed by atoms with Crippen molar-refractivity contribution >= 4 is 77.5 Å². The molecule has 0 aliphatic heterocycles. The second-order valence-electron chi connectivity index (χ2n) is 15.7. The third-order valence-electron chi connectivity index (χ3n) is 11.4. The maximum absolute atomic E-state index is 5.23. The lowest BCUT2D eigenvalue weighted by atomic mass is 9.87. The van der Waals surface area contributed by atoms with Crippen molar-refractivity contribution in [3.8, 4) is 17.1 Å². The molecule has 0 aliphatic rings. The lowest BCUT2D eigenvalue weighted by Gasteiger charge is -2.19. The smallest absolute Gasteiger partial charge is 0.220 e. The summed E-state index contributed by atoms with van der Waals surface area (Å²) in [6.07, 6.45) is 0. The highest BCUT2D eigenvalue weighted by Crippen LogP contribution is 2.38. The highest BCUT2D eigenvalue weighted by Gasteiger charge is 2.23. The van der Waals surface area contributed by atoms with Crippen molar-refractivity contribution in [3.63, 3.8) is 0 Å². The molecule has 0 N–H and O–H groups in total. The molecule has 0 spiro atoms. The van der Waals surface area contributed by atoms with Crippen LogP contribution in [0.1, 0.15) is 26.3 Å². The van der Waals surface area contributed by atoms with Gasteiger partial charge in [-0.3, -0.25) is 17.9 Å². The van der Waals surface area contributed by atoms with Gasteiger partial charge in [-0.25, -0.2) is 9.97 Å². The van der Waals surface area contributed by atoms with Gasteiger partial charge in [0.05, 0.1) is 66.5 Å². The summed E-state index contributed by atoms with van der Waals surface area (Å²) in [6.45, 7) is 6.81. The third kappa shape index (κ3) is 4.15. The molecule has 0 saturated carbocycles. The fourth-order valence-electron chi connectivity index (χ4n) is 8.87. The van der Waals surface area contributed by atoms with Crippen LogP contribution in [0.5, 0.6) is 0 Å². The van der Waals surface area contributed by atoms with E-state index < -0.39 is 0 Å². The Morgan fingerprint density at radius 1 is 0.364 bits per heavy atom. The maximum Gasteiger partial charge on any atom is 0.220 e. The van der Waals surface area contributed by atoms with Crippen LogP contribution in [0, 0.1) is 0 Å². The quantitative estimate of drug-likeness (QED) is 0.183. The molecule has 7 nitrogen and oxygen atoms in total. The number of hydrogen-bond donors (Lipinski definition) is 0. The van der Waals surface area contributed by atoms with Gasteiger partial charge in [0.1, 0.15) is 0 Å². The van der Waals surface area contributed by atoms with Crippen LogP contribution in [0.25, 0.3) is 94.6 Å². The molecule has 7 heteroatoms. The molecule has 0 saturated heterocycles. The molecule has 0 radical (unpaired) electrons. The van der Waals surface area contributed by atoms with E-state index in [9.17, 15) is 0 Å². The number of fused-ring (bicyclic) bond motifs is 13. The van der Waals surface area contributed by atoms with Crippen molar-refractivity contribution in [1.82, 2.24) is 32.5 Å². The van der Waals surface area contributed by atoms with Crippen molar-refractivity contribution in [2.45, 2.75) is 26.2 Å². The van der Waals surface area contributed by atoms with Gasteiger partial charge in [0.2, 0.25) is 11.6 Å². The zero-order valence-electron chi connectivity index (χ0n) is 30.6. The van der Waals surface area contributed by atoms with Crippen molar-refractivity contribution in [2.24, 2.45) is 0 Å². The van der Waals surface area contributed by atoms with Gasteiger partial charge in [0, 0.05) is 16.5 Å². The van der Waals surface area contributed by atoms with Crippen LogP contribution >= 0.6 is 0 Å². The lowest BCUT2D eigenvalue weighted by molar-refractivity contribution is 0.591. The van der Waals surface area contributed by atoms with Crippen molar-refractivity contribution in [1.29, 1.82) is 0 Å². The number of aromatic nitrogens is 7. The molecule has 7 aromatic carbocycles. The van der Waals surface area contributed by atoms with Gasteiger partial charge >= 0.3 is 0 Å². The van der Waals surface area contributed by atoms with E-state index in [2.05, 4.69) is 201 Å². The summed E-state index contributed by atoms with van der Waals surface area (Å²) in [4.78, 5) is 10.4. The summed E-state index contributed by atoms with van der Waals surface area (Å²) in [6, 6.07) is 56.7. The van der Waals surface area contributed by atoms with Crippen LogP contribution < -0.4 is 0 Å². The largest absolute Gasteiger partial charge is 0.309 e. The molecule has 262 valence electrons. The summed E-state index contributed by atoms with van der Waals surface area (Å²) < 4.78 is 11.6. The van der Waals surface area contributed by atoms with E-state index in [1.165, 1.54) is 16.3 Å². The summed E-state index contributed by atoms with van der Waals surface area (Å²) in [7, 11) is 0. The summed E-state index contributed by atoms with van der Waals surface area (Å²) in [5.41, 5.74) is 15.5. The first-order valence-electron chi connectivity index (χ1n) is 18.9. The van der Waals surface area contributed by atoms with E-state index in [0.29, 0.717) is 0 Å². The van der Waals surface area contributed by atoms with Crippen LogP contribution in [0.4, 0.5) is 0 Å². The summed E-state index contributed by atoms with van der Waals surface area (Å²) in [5.74, 6) is 1.80. The molecule has 0 atom stereocenters. The SMILES string of the molecule is CC(C)(C)c1ccc2c(c1)n1c3ccccc3nc1n2-c1cccc(-n2c3ccccc3c3ccc(-n4c5ccccc5n5c6ccccc6nc45)cc32)c1. The normalized spacial score (nSPS) is 12.6. The monoisotopic (exact) mass is 709 g/mol. The number of rotatable bonds is 3. The topological polar surface area (TPSA) is 49.4 Å². The van der Waals surface area contributed by atoms with Crippen LogP contribution in [-0.2, 0) is 5.41 Å². The second kappa shape index (κ2) is 10.7. The zero-order chi connectivity index (χ0) is 36.6. The number of para-hydroxylation sites is 7. The minimum Gasteiger partial charge on any atom is -0.309 e. The Balaban J connectivity index is 1.12. The average Bonchev–Trinajstić information content (AvgIpc) is 3.99. The standard InChI is InChI=1S/C48H35N7/c1-48(2,3)30-23-26-43-45(27-30)55-40-20-9-6-17-37(40)50-47(55)52(43)32-14-12-13-31(28-32)51-38-18-7-4-15-34(38)35-25-24-33(29-44(35)51)53-41-21-10-11-22-42(41)54-39-19-8-5-16-36(39)49-46(53)54/h4-29H,1-3H3. The molecule has 0 bridgehead atoms. The molecule has 5 aromatic heterocycles. The number of hydrogen-bond acceptors (Lipinski definition) is 2. The molecule has 5 heterocycles. The summed E-state index contributed by atoms with van der Waals surface area (Å²) >= 11 is 0. The van der Waals surface area contributed by atoms with E-state index >= 15 is 0 Å². The zero-order valence-corrected chi connectivity index (χ0v) is 30.6. The molecule has 0 aliphatic carbocycles. The highest BCUT2D eigenvalue weighted by molar-refractivity contribution is 6.10. The van der Waals surface area contributed by atoms with Crippen molar-refractivity contribution in [2.75, 3.05) is 0 Å². The van der Waals surface area contributed by atoms with Gasteiger partial charge < -0.3 is 4.57 Å². The Labute approximate surface area is 315 Å². The Morgan fingerprint density at radius 3 is 1.58 bits per heavy atom. The fourth-order valence-corrected chi connectivity index (χ4v) is 8.87. The molecule has 0 amide bonds. The second-order valence-corrected chi connectivity index (χ2v) is 15.7. The third-order valence-corrected chi connectivity index (χ3v) is 11.4. The molecular formula is C48H35N7. The first kappa shape index (κ1) is 30.4. The van der Waals surface area contributed by atoms with Crippen LogP contribution in [0.2, 0.25) is 0 Å². The Hall–Kier alpha value is -7.12. The fraction of sp³-hybridized carbons (Fsp3) is 0.0833. The molecular weight excluding hydrogens is 675 g/mol. The van der Waals surface area contributed by atoms with E-state index in [0.717, 1.165) is 83.8 Å². The van der Waals surface area contributed by atoms with Gasteiger partial charge in [-0.15, -0.1) is 0 Å². The van der Waals surface area contributed by atoms with Crippen molar-refractivity contribution in [3.05, 3.63) is 163 Å². The predicted molar refractivity (Wildman–Crippen MR) is 226 cm³/mol. The van der Waals surface area contributed by atoms with Crippen LogP contribution in [0.15, 0.2) is 158 Å². The summed E-state index contributed by atoms with van der Waals surface area (Å²) in [5, 5.41) is 2.42. The van der Waals surface area contributed by atoms with Gasteiger partial charge in [0.15, 0.2) is 0 Å². The molecule has 12 rings (SSSR count). The lowest BCUT2D eigenvalue weighted by Crippen LogP contribution is -2.10. The first-order valence-corrected chi connectivity index (χ1v) is 18.9. The molecule has 12 aromatic rings. The van der Waals surface area contributed by atoms with E-state index in [-0.39, 0.29) is 5.41 Å². The predicted octanol–water partition coefficient (Wildman–Crippen LogP) is 11.6. The minimum absolute atomic E-state index is 0.0120. The van der Waals surface area contributed by atoms with E-state index in [1.807, 2.05) is 0 Å². The number of nitrogens with zero attached hydrogens (tertiary/aromatic N) is 7. The van der Waals surface area contributed by atoms with Gasteiger partial charge in [-0.05, 0) is 95.9 Å². The first-order chi connectivity index (χ1) is 26.9. The molecule has 55 heavy (non-hydrogen) atoms. The van der Waals surface area contributed by atoms with Crippen LogP contribution in [-0.4, -0.2) is 32.5 Å². The minimum atomic E-state index is 0.0120. The average molecular weight is 710 g/mol. The van der Waals surface area contributed by atoms with Crippen LogP contribution in [0.3, 0.4) is 0 Å². The number of benzene rings is 7. The number of imidazole rings is 4. The maximum atomic E-state index is 5.23.